The monoisotopic (exact) mass is 405 g/mol. The molecule has 1 unspecified atom stereocenters. The van der Waals surface area contributed by atoms with Crippen molar-refractivity contribution < 1.29 is 4.39 Å². The van der Waals surface area contributed by atoms with E-state index in [4.69, 9.17) is 5.10 Å². The van der Waals surface area contributed by atoms with E-state index in [0.717, 1.165) is 36.6 Å². The minimum absolute atomic E-state index is 0.213. The third-order valence-electron chi connectivity index (χ3n) is 6.73. The summed E-state index contributed by atoms with van der Waals surface area (Å²) < 4.78 is 15.3. The van der Waals surface area contributed by atoms with Gasteiger partial charge in [0.1, 0.15) is 5.82 Å². The van der Waals surface area contributed by atoms with Crippen LogP contribution in [-0.2, 0) is 13.6 Å². The average molecular weight is 406 g/mol. The van der Waals surface area contributed by atoms with Crippen LogP contribution in [0.1, 0.15) is 30.1 Å². The Bertz CT molecular complexity index is 985. The molecule has 30 heavy (non-hydrogen) atoms. The number of piperidine rings is 3. The van der Waals surface area contributed by atoms with Gasteiger partial charge in [0.15, 0.2) is 0 Å². The second-order valence-corrected chi connectivity index (χ2v) is 8.58. The molecular weight excluding hydrogens is 377 g/mol. The smallest absolute Gasteiger partial charge is 0.123 e. The molecule has 4 atom stereocenters. The summed E-state index contributed by atoms with van der Waals surface area (Å²) >= 11 is 0. The molecule has 1 N–H and O–H groups in total. The molecule has 156 valence electrons. The molecule has 1 aromatic carbocycles. The van der Waals surface area contributed by atoms with Gasteiger partial charge in [0.05, 0.1) is 11.4 Å². The van der Waals surface area contributed by atoms with Gasteiger partial charge in [-0.05, 0) is 67.8 Å². The van der Waals surface area contributed by atoms with Gasteiger partial charge in [-0.2, -0.15) is 5.10 Å². The van der Waals surface area contributed by atoms with Gasteiger partial charge in [-0.25, -0.2) is 4.39 Å². The molecular formula is C24H28FN5. The quantitative estimate of drug-likeness (QED) is 0.681. The van der Waals surface area contributed by atoms with E-state index in [2.05, 4.69) is 27.3 Å². The van der Waals surface area contributed by atoms with Crippen molar-refractivity contribution in [3.05, 3.63) is 71.9 Å². The SMILES string of the molecule is Cn1nc(-c2ccc(F)cc2)cc1[C@H]1CN2CC[C@H]1C[C@@H]2CNCc1ccccn1. The first-order valence-electron chi connectivity index (χ1n) is 10.8. The molecule has 2 aromatic heterocycles. The van der Waals surface area contributed by atoms with Crippen molar-refractivity contribution in [1.82, 2.24) is 25.0 Å². The maximum absolute atomic E-state index is 13.3. The highest BCUT2D eigenvalue weighted by atomic mass is 19.1. The number of aromatic nitrogens is 3. The van der Waals surface area contributed by atoms with Gasteiger partial charge >= 0.3 is 0 Å². The molecule has 0 saturated carbocycles. The van der Waals surface area contributed by atoms with Crippen LogP contribution in [-0.4, -0.2) is 45.3 Å². The molecule has 2 bridgehead atoms. The van der Waals surface area contributed by atoms with Crippen molar-refractivity contribution in [1.29, 1.82) is 0 Å². The Morgan fingerprint density at radius 2 is 2.03 bits per heavy atom. The molecule has 3 aromatic rings. The standard InChI is InChI=1S/C24H28FN5/c1-29-24(13-23(28-29)17-5-7-19(25)8-6-17)22-16-30-11-9-18(22)12-21(30)15-26-14-20-4-2-3-10-27-20/h2-8,10,13,18,21-22,26H,9,11-12,14-16H2,1H3/t18-,21+,22-/m0/s1. The minimum atomic E-state index is -0.213. The Balaban J connectivity index is 1.24. The molecule has 0 radical (unpaired) electrons. The van der Waals surface area contributed by atoms with Gasteiger partial charge < -0.3 is 5.32 Å². The maximum atomic E-state index is 13.3. The van der Waals surface area contributed by atoms with Crippen LogP contribution in [0.15, 0.2) is 54.7 Å². The highest BCUT2D eigenvalue weighted by molar-refractivity contribution is 5.59. The number of nitrogens with one attached hydrogen (secondary N) is 1. The minimum Gasteiger partial charge on any atom is -0.310 e. The summed E-state index contributed by atoms with van der Waals surface area (Å²) in [6.07, 6.45) is 4.32. The third-order valence-corrected chi connectivity index (χ3v) is 6.73. The van der Waals surface area contributed by atoms with Gasteiger partial charge in [-0.3, -0.25) is 14.6 Å². The van der Waals surface area contributed by atoms with Gasteiger partial charge in [-0.15, -0.1) is 0 Å². The lowest BCUT2D eigenvalue weighted by atomic mass is 9.74. The lowest BCUT2D eigenvalue weighted by Gasteiger charge is -2.50. The van der Waals surface area contributed by atoms with Crippen molar-refractivity contribution in [2.45, 2.75) is 31.3 Å². The number of halogens is 1. The molecule has 3 fully saturated rings. The lowest BCUT2D eigenvalue weighted by molar-refractivity contribution is 0.0281. The van der Waals surface area contributed by atoms with Crippen molar-refractivity contribution in [2.24, 2.45) is 13.0 Å². The predicted molar refractivity (Wildman–Crippen MR) is 115 cm³/mol. The van der Waals surface area contributed by atoms with E-state index in [-0.39, 0.29) is 5.82 Å². The first-order valence-corrected chi connectivity index (χ1v) is 10.8. The zero-order chi connectivity index (χ0) is 20.5. The number of aryl methyl sites for hydroxylation is 1. The van der Waals surface area contributed by atoms with Gasteiger partial charge in [0.2, 0.25) is 0 Å². The Labute approximate surface area is 176 Å². The molecule has 3 aliphatic heterocycles. The van der Waals surface area contributed by atoms with E-state index < -0.39 is 0 Å². The highest BCUT2D eigenvalue weighted by Gasteiger charge is 2.41. The van der Waals surface area contributed by atoms with Gasteiger partial charge in [0, 0.05) is 56.1 Å². The Morgan fingerprint density at radius 3 is 2.77 bits per heavy atom. The van der Waals surface area contributed by atoms with E-state index >= 15 is 0 Å². The molecule has 6 heteroatoms. The first-order chi connectivity index (χ1) is 14.7. The zero-order valence-corrected chi connectivity index (χ0v) is 17.3. The number of hydrogen-bond donors (Lipinski definition) is 1. The summed E-state index contributed by atoms with van der Waals surface area (Å²) in [5.74, 6) is 0.987. The molecule has 0 spiro atoms. The van der Waals surface area contributed by atoms with Crippen molar-refractivity contribution >= 4 is 0 Å². The van der Waals surface area contributed by atoms with E-state index in [9.17, 15) is 4.39 Å². The number of rotatable bonds is 6. The van der Waals surface area contributed by atoms with Crippen molar-refractivity contribution in [3.8, 4) is 11.3 Å². The van der Waals surface area contributed by atoms with Gasteiger partial charge in [-0.1, -0.05) is 6.07 Å². The van der Waals surface area contributed by atoms with Crippen LogP contribution in [0.2, 0.25) is 0 Å². The summed E-state index contributed by atoms with van der Waals surface area (Å²) in [6, 6.07) is 15.5. The number of pyridine rings is 1. The number of benzene rings is 1. The number of hydrogen-bond acceptors (Lipinski definition) is 4. The van der Waals surface area contributed by atoms with Crippen LogP contribution < -0.4 is 5.32 Å². The van der Waals surface area contributed by atoms with Crippen molar-refractivity contribution in [3.63, 3.8) is 0 Å². The third kappa shape index (κ3) is 3.89. The fourth-order valence-electron chi connectivity index (χ4n) is 5.15. The Kier molecular flexibility index (Phi) is 5.35. The maximum Gasteiger partial charge on any atom is 0.123 e. The van der Waals surface area contributed by atoms with Gasteiger partial charge in [0.25, 0.3) is 0 Å². The van der Waals surface area contributed by atoms with Crippen LogP contribution in [0.4, 0.5) is 4.39 Å². The summed E-state index contributed by atoms with van der Waals surface area (Å²) in [5, 5.41) is 8.33. The second kappa shape index (κ2) is 8.28. The molecule has 6 rings (SSSR count). The number of fused-ring (bicyclic) bond motifs is 3. The molecule has 5 nitrogen and oxygen atoms in total. The summed E-state index contributed by atoms with van der Waals surface area (Å²) in [4.78, 5) is 7.04. The summed E-state index contributed by atoms with van der Waals surface area (Å²) in [6.45, 7) is 4.09. The largest absolute Gasteiger partial charge is 0.310 e. The predicted octanol–water partition coefficient (Wildman–Crippen LogP) is 3.59. The molecule has 0 amide bonds. The van der Waals surface area contributed by atoms with E-state index in [1.807, 2.05) is 30.1 Å². The first kappa shape index (κ1) is 19.4. The summed E-state index contributed by atoms with van der Waals surface area (Å²) in [5.41, 5.74) is 4.28. The van der Waals surface area contributed by atoms with Crippen LogP contribution in [0, 0.1) is 11.7 Å². The van der Waals surface area contributed by atoms with E-state index in [0.29, 0.717) is 17.9 Å². The zero-order valence-electron chi connectivity index (χ0n) is 17.3. The average Bonchev–Trinajstić information content (AvgIpc) is 3.17. The Morgan fingerprint density at radius 1 is 1.17 bits per heavy atom. The molecule has 3 aliphatic rings. The van der Waals surface area contributed by atoms with E-state index in [1.54, 1.807) is 12.1 Å². The molecule has 0 aliphatic carbocycles. The second-order valence-electron chi connectivity index (χ2n) is 8.58. The fourth-order valence-corrected chi connectivity index (χ4v) is 5.15. The van der Waals surface area contributed by atoms with Crippen LogP contribution in [0.25, 0.3) is 11.3 Å². The van der Waals surface area contributed by atoms with Crippen LogP contribution >= 0.6 is 0 Å². The molecule has 3 saturated heterocycles. The summed E-state index contributed by atoms with van der Waals surface area (Å²) in [7, 11) is 2.03. The van der Waals surface area contributed by atoms with Crippen molar-refractivity contribution in [2.75, 3.05) is 19.6 Å². The van der Waals surface area contributed by atoms with E-state index in [1.165, 1.54) is 37.2 Å². The topological polar surface area (TPSA) is 46.0 Å². The highest BCUT2D eigenvalue weighted by Crippen LogP contribution is 2.42. The lowest BCUT2D eigenvalue weighted by Crippen LogP contribution is -2.55. The molecule has 5 heterocycles. The van der Waals surface area contributed by atoms with Crippen LogP contribution in [0.5, 0.6) is 0 Å². The number of nitrogens with zero attached hydrogens (tertiary/aromatic N) is 4. The van der Waals surface area contributed by atoms with Crippen LogP contribution in [0.3, 0.4) is 0 Å². The normalized spacial score (nSPS) is 25.5. The fraction of sp³-hybridized carbons (Fsp3) is 0.417. The Hall–Kier alpha value is -2.57.